The van der Waals surface area contributed by atoms with Crippen LogP contribution in [0.2, 0.25) is 0 Å². The Bertz CT molecular complexity index is 1200. The summed E-state index contributed by atoms with van der Waals surface area (Å²) in [5.41, 5.74) is -0.0876. The Hall–Kier alpha value is -3.16. The summed E-state index contributed by atoms with van der Waals surface area (Å²) in [5.74, 6) is -3.03. The third-order valence-electron chi connectivity index (χ3n) is 9.71. The Morgan fingerprint density at radius 1 is 1.02 bits per heavy atom. The van der Waals surface area contributed by atoms with Gasteiger partial charge in [0.2, 0.25) is 23.6 Å². The van der Waals surface area contributed by atoms with E-state index in [1.165, 1.54) is 32.4 Å². The highest BCUT2D eigenvalue weighted by molar-refractivity contribution is 5.87. The highest BCUT2D eigenvalue weighted by atomic mass is 19.1. The maximum Gasteiger partial charge on any atom is 0.242 e. The zero-order chi connectivity index (χ0) is 36.1. The molecule has 0 spiro atoms. The lowest BCUT2D eigenvalue weighted by Crippen LogP contribution is -2.55. The summed E-state index contributed by atoms with van der Waals surface area (Å²) < 4.78 is 39.7. The molecule has 2 rings (SSSR count). The molecule has 3 N–H and O–H groups in total. The maximum absolute atomic E-state index is 14.0. The highest BCUT2D eigenvalue weighted by Crippen LogP contribution is 2.29. The van der Waals surface area contributed by atoms with Gasteiger partial charge in [-0.2, -0.15) is 0 Å². The summed E-state index contributed by atoms with van der Waals surface area (Å²) in [4.78, 5) is 56.2. The number of likely N-dealkylation sites (N-methyl/N-ethyl adjacent to an activating group) is 2. The van der Waals surface area contributed by atoms with Crippen LogP contribution in [0.1, 0.15) is 65.9 Å². The maximum atomic E-state index is 14.0. The second-order valence-corrected chi connectivity index (χ2v) is 13.1. The second kappa shape index (κ2) is 19.7. The highest BCUT2D eigenvalue weighted by Gasteiger charge is 2.42. The number of ether oxygens (including phenoxy) is 2. The minimum absolute atomic E-state index is 0.00383. The predicted molar refractivity (Wildman–Crippen MR) is 180 cm³/mol. The largest absolute Gasteiger partial charge is 0.379 e. The van der Waals surface area contributed by atoms with Gasteiger partial charge in [0.05, 0.1) is 49.2 Å². The average Bonchev–Trinajstić information content (AvgIpc) is 3.54. The van der Waals surface area contributed by atoms with Gasteiger partial charge in [-0.25, -0.2) is 8.78 Å². The van der Waals surface area contributed by atoms with E-state index in [0.29, 0.717) is 13.0 Å². The lowest BCUT2D eigenvalue weighted by atomic mass is 9.90. The number of carbonyl (C=O) groups is 4. The summed E-state index contributed by atoms with van der Waals surface area (Å²) in [6.45, 7) is 9.90. The van der Waals surface area contributed by atoms with Gasteiger partial charge in [0.25, 0.3) is 0 Å². The molecule has 13 heteroatoms. The number of nitrogens with one attached hydrogen (secondary N) is 3. The lowest BCUT2D eigenvalue weighted by molar-refractivity contribution is -0.145. The molecule has 1 aromatic carbocycles. The summed E-state index contributed by atoms with van der Waals surface area (Å²) >= 11 is 0. The first-order chi connectivity index (χ1) is 22.7. The summed E-state index contributed by atoms with van der Waals surface area (Å²) in [7, 11) is 6.39. The van der Waals surface area contributed by atoms with Crippen LogP contribution in [-0.2, 0) is 35.1 Å². The Morgan fingerprint density at radius 3 is 2.21 bits per heavy atom. The van der Waals surface area contributed by atoms with E-state index in [2.05, 4.69) is 16.0 Å². The topological polar surface area (TPSA) is 129 Å². The molecule has 0 saturated carbocycles. The van der Waals surface area contributed by atoms with Crippen LogP contribution in [0.25, 0.3) is 0 Å². The summed E-state index contributed by atoms with van der Waals surface area (Å²) in [6, 6.07) is 2.40. The van der Waals surface area contributed by atoms with Crippen LogP contribution in [0.3, 0.4) is 0 Å². The number of methoxy groups -OCH3 is 2. The van der Waals surface area contributed by atoms with Gasteiger partial charge < -0.3 is 35.2 Å². The lowest BCUT2D eigenvalue weighted by Gasteiger charge is -2.39. The molecule has 0 bridgehead atoms. The smallest absolute Gasteiger partial charge is 0.242 e. The Kier molecular flexibility index (Phi) is 16.9. The van der Waals surface area contributed by atoms with Gasteiger partial charge in [-0.15, -0.1) is 0 Å². The molecule has 272 valence electrons. The van der Waals surface area contributed by atoms with Gasteiger partial charge in [-0.1, -0.05) is 47.1 Å². The number of hydrogen-bond acceptors (Lipinski definition) is 7. The molecule has 1 aromatic rings. The van der Waals surface area contributed by atoms with Crippen molar-refractivity contribution in [3.63, 3.8) is 0 Å². The van der Waals surface area contributed by atoms with Crippen LogP contribution in [0.15, 0.2) is 18.2 Å². The molecule has 1 aliphatic rings. The number of carbonyl (C=O) groups excluding carboxylic acids is 4. The first-order valence-electron chi connectivity index (χ1n) is 17.0. The Labute approximate surface area is 284 Å². The fraction of sp³-hybridized carbons (Fsp3) is 0.714. The molecule has 7 atom stereocenters. The number of likely N-dealkylation sites (tertiary alicyclic amines) is 1. The molecule has 1 aliphatic heterocycles. The van der Waals surface area contributed by atoms with E-state index in [1.807, 2.05) is 27.7 Å². The van der Waals surface area contributed by atoms with E-state index >= 15 is 0 Å². The van der Waals surface area contributed by atoms with Crippen molar-refractivity contribution in [2.75, 3.05) is 47.9 Å². The van der Waals surface area contributed by atoms with Gasteiger partial charge in [0.1, 0.15) is 11.6 Å². The molecule has 1 heterocycles. The fourth-order valence-electron chi connectivity index (χ4n) is 6.73. The number of rotatable bonds is 19. The fourth-order valence-corrected chi connectivity index (χ4v) is 6.73. The van der Waals surface area contributed by atoms with Gasteiger partial charge in [-0.05, 0) is 50.3 Å². The minimum Gasteiger partial charge on any atom is -0.379 e. The van der Waals surface area contributed by atoms with E-state index in [9.17, 15) is 28.0 Å². The zero-order valence-corrected chi connectivity index (χ0v) is 30.1. The second-order valence-electron chi connectivity index (χ2n) is 13.1. The average molecular weight is 682 g/mol. The molecular weight excluding hydrogens is 624 g/mol. The molecule has 0 aliphatic carbocycles. The van der Waals surface area contributed by atoms with Crippen molar-refractivity contribution in [2.24, 2.45) is 17.8 Å². The van der Waals surface area contributed by atoms with Crippen molar-refractivity contribution < 1.29 is 37.4 Å². The van der Waals surface area contributed by atoms with Gasteiger partial charge in [0.15, 0.2) is 0 Å². The van der Waals surface area contributed by atoms with Crippen LogP contribution in [0.5, 0.6) is 0 Å². The van der Waals surface area contributed by atoms with Crippen LogP contribution >= 0.6 is 0 Å². The minimum atomic E-state index is -0.663. The Morgan fingerprint density at radius 2 is 1.67 bits per heavy atom. The van der Waals surface area contributed by atoms with E-state index in [1.54, 1.807) is 30.8 Å². The van der Waals surface area contributed by atoms with Crippen LogP contribution < -0.4 is 16.0 Å². The van der Waals surface area contributed by atoms with E-state index < -0.39 is 41.8 Å². The number of halogens is 2. The molecule has 4 amide bonds. The van der Waals surface area contributed by atoms with E-state index in [-0.39, 0.29) is 73.0 Å². The van der Waals surface area contributed by atoms with Crippen molar-refractivity contribution in [3.05, 3.63) is 35.4 Å². The first kappa shape index (κ1) is 41.0. The van der Waals surface area contributed by atoms with Gasteiger partial charge in [-0.3, -0.25) is 19.2 Å². The van der Waals surface area contributed by atoms with Crippen molar-refractivity contribution in [3.8, 4) is 0 Å². The number of hydrogen-bond donors (Lipinski definition) is 3. The standard InChI is InChI=1S/C35H57F2N5O6/c1-10-22(4)32(41(7)30(44)20-40-35(46)31(38-6)21(2)3)28(47-8)19-29(43)42-18-12-15-27(42)33(48-9)23(5)34(45)39-17-16-24-25(36)13-11-14-26(24)37/h11,13-14,21-23,27-28,31-33,38H,10,12,15-20H2,1-9H3,(H,39,45)(H,40,46)/t22-,23+,27-,28+,31?,32?,33+/m0/s1. The van der Waals surface area contributed by atoms with Gasteiger partial charge >= 0.3 is 0 Å². The molecule has 1 fully saturated rings. The van der Waals surface area contributed by atoms with Crippen LogP contribution in [0.4, 0.5) is 8.78 Å². The SMILES string of the molecule is CC[C@H](C)C([C@@H](CC(=O)N1CCC[C@H]1[C@H](OC)[C@@H](C)C(=O)NCCc1c(F)cccc1F)OC)N(C)C(=O)CNC(=O)C(NC)C(C)C. The molecule has 0 radical (unpaired) electrons. The van der Waals surface area contributed by atoms with E-state index in [0.717, 1.165) is 12.8 Å². The van der Waals surface area contributed by atoms with Gasteiger partial charge in [0, 0.05) is 39.9 Å². The number of amides is 4. The summed E-state index contributed by atoms with van der Waals surface area (Å²) in [5, 5.41) is 8.46. The first-order valence-corrected chi connectivity index (χ1v) is 17.0. The third-order valence-corrected chi connectivity index (χ3v) is 9.71. The molecule has 2 unspecified atom stereocenters. The predicted octanol–water partition coefficient (Wildman–Crippen LogP) is 2.90. The molecule has 1 saturated heterocycles. The molecule has 0 aromatic heterocycles. The molecular formula is C35H57F2N5O6. The normalized spacial score (nSPS) is 18.5. The quantitative estimate of drug-likeness (QED) is 0.205. The molecule has 11 nitrogen and oxygen atoms in total. The Balaban J connectivity index is 2.11. The van der Waals surface area contributed by atoms with Crippen LogP contribution in [-0.4, -0.2) is 112 Å². The van der Waals surface area contributed by atoms with Crippen molar-refractivity contribution >= 4 is 23.6 Å². The number of benzene rings is 1. The number of nitrogens with zero attached hydrogens (tertiary/aromatic N) is 2. The summed E-state index contributed by atoms with van der Waals surface area (Å²) in [6.07, 6.45) is 0.852. The van der Waals surface area contributed by atoms with Crippen molar-refractivity contribution in [1.29, 1.82) is 0 Å². The van der Waals surface area contributed by atoms with Crippen molar-refractivity contribution in [2.45, 2.75) is 97.1 Å². The monoisotopic (exact) mass is 681 g/mol. The van der Waals surface area contributed by atoms with E-state index in [4.69, 9.17) is 9.47 Å². The molecule has 48 heavy (non-hydrogen) atoms. The third kappa shape index (κ3) is 10.7. The zero-order valence-electron chi connectivity index (χ0n) is 30.1. The van der Waals surface area contributed by atoms with Crippen molar-refractivity contribution in [1.82, 2.24) is 25.8 Å². The van der Waals surface area contributed by atoms with Crippen LogP contribution in [0, 0.1) is 29.4 Å².